The maximum Gasteiger partial charge on any atom is 0.358 e. The van der Waals surface area contributed by atoms with Crippen molar-refractivity contribution >= 4 is 27.5 Å². The second kappa shape index (κ2) is 3.63. The predicted molar refractivity (Wildman–Crippen MR) is 61.5 cm³/mol. The zero-order chi connectivity index (χ0) is 11.8. The Kier molecular flexibility index (Phi) is 2.12. The molecule has 84 valence electrons. The van der Waals surface area contributed by atoms with Crippen LogP contribution in [0.1, 0.15) is 10.5 Å². The van der Waals surface area contributed by atoms with Crippen molar-refractivity contribution in [2.45, 2.75) is 0 Å². The minimum Gasteiger partial charge on any atom is -0.476 e. The summed E-state index contributed by atoms with van der Waals surface area (Å²) in [5.41, 5.74) is 0.755. The first-order chi connectivity index (χ1) is 8.24. The molecule has 3 aromatic rings. The van der Waals surface area contributed by atoms with Crippen LogP contribution in [0, 0.1) is 0 Å². The molecule has 7 heteroatoms. The molecule has 0 fully saturated rings. The Morgan fingerprint density at radius 1 is 1.35 bits per heavy atom. The van der Waals surface area contributed by atoms with Crippen molar-refractivity contribution in [2.24, 2.45) is 0 Å². The molecule has 0 saturated heterocycles. The number of rotatable bonds is 2. The van der Waals surface area contributed by atoms with E-state index in [1.54, 1.807) is 0 Å². The summed E-state index contributed by atoms with van der Waals surface area (Å²) in [5.74, 6) is -1.10. The van der Waals surface area contributed by atoms with E-state index >= 15 is 0 Å². The highest BCUT2D eigenvalue weighted by Crippen LogP contribution is 2.23. The third-order valence-corrected chi connectivity index (χ3v) is 3.17. The predicted octanol–water partition coefficient (Wildman–Crippen LogP) is 1.58. The van der Waals surface area contributed by atoms with Gasteiger partial charge in [-0.05, 0) is 12.1 Å². The summed E-state index contributed by atoms with van der Waals surface area (Å²) in [6.07, 6.45) is 1.20. The van der Waals surface area contributed by atoms with E-state index in [0.29, 0.717) is 5.13 Å². The molecule has 0 radical (unpaired) electrons. The highest BCUT2D eigenvalue weighted by molar-refractivity contribution is 7.20. The van der Waals surface area contributed by atoms with Crippen molar-refractivity contribution in [3.8, 4) is 5.13 Å². The number of thiazole rings is 1. The van der Waals surface area contributed by atoms with Crippen molar-refractivity contribution in [1.82, 2.24) is 20.0 Å². The molecule has 0 spiro atoms. The Morgan fingerprint density at radius 2 is 2.18 bits per heavy atom. The van der Waals surface area contributed by atoms with Crippen LogP contribution in [0.4, 0.5) is 0 Å². The normalized spacial score (nSPS) is 10.8. The van der Waals surface area contributed by atoms with Gasteiger partial charge >= 0.3 is 5.97 Å². The van der Waals surface area contributed by atoms with Crippen LogP contribution in [0.5, 0.6) is 0 Å². The molecule has 0 atom stereocenters. The number of carboxylic acid groups (broad SMARTS) is 1. The van der Waals surface area contributed by atoms with Crippen LogP contribution in [0.2, 0.25) is 0 Å². The van der Waals surface area contributed by atoms with Gasteiger partial charge in [-0.3, -0.25) is 0 Å². The van der Waals surface area contributed by atoms with Gasteiger partial charge in [0.25, 0.3) is 0 Å². The number of carboxylic acids is 1. The van der Waals surface area contributed by atoms with E-state index in [1.165, 1.54) is 22.3 Å². The summed E-state index contributed by atoms with van der Waals surface area (Å²) < 4.78 is 1.01. The van der Waals surface area contributed by atoms with Crippen molar-refractivity contribution in [1.29, 1.82) is 0 Å². The van der Waals surface area contributed by atoms with E-state index in [2.05, 4.69) is 15.2 Å². The van der Waals surface area contributed by atoms with E-state index in [-0.39, 0.29) is 5.69 Å². The highest BCUT2D eigenvalue weighted by Gasteiger charge is 2.12. The minimum absolute atomic E-state index is 0.0933. The number of hydrogen-bond donors (Lipinski definition) is 1. The Morgan fingerprint density at radius 3 is 2.88 bits per heavy atom. The number of carbonyl (C=O) groups is 1. The molecule has 0 bridgehead atoms. The molecule has 0 aliphatic rings. The van der Waals surface area contributed by atoms with Crippen LogP contribution in [0.3, 0.4) is 0 Å². The summed E-state index contributed by atoms with van der Waals surface area (Å²) in [4.78, 5) is 16.2. The van der Waals surface area contributed by atoms with Gasteiger partial charge in [-0.15, -0.1) is 9.90 Å². The van der Waals surface area contributed by atoms with Crippen molar-refractivity contribution in [3.63, 3.8) is 0 Å². The Labute approximate surface area is 99.1 Å². The molecule has 0 saturated carbocycles. The minimum atomic E-state index is -1.10. The number of aromatic carboxylic acids is 1. The SMILES string of the molecule is O=C(O)c1cnn(-c2nc3ccccc3s2)n1. The number of nitrogens with zero attached hydrogens (tertiary/aromatic N) is 4. The van der Waals surface area contributed by atoms with Gasteiger partial charge in [-0.25, -0.2) is 9.78 Å². The smallest absolute Gasteiger partial charge is 0.358 e. The third-order valence-electron chi connectivity index (χ3n) is 2.16. The number of fused-ring (bicyclic) bond motifs is 1. The molecule has 1 aromatic carbocycles. The molecule has 3 rings (SSSR count). The molecule has 0 amide bonds. The van der Waals surface area contributed by atoms with Gasteiger partial charge in [0.15, 0.2) is 5.69 Å². The number of benzene rings is 1. The van der Waals surface area contributed by atoms with Crippen LogP contribution in [0.15, 0.2) is 30.5 Å². The van der Waals surface area contributed by atoms with E-state index in [9.17, 15) is 4.79 Å². The van der Waals surface area contributed by atoms with Gasteiger partial charge in [0.2, 0.25) is 5.13 Å². The Balaban J connectivity index is 2.10. The fourth-order valence-electron chi connectivity index (χ4n) is 1.40. The van der Waals surface area contributed by atoms with Crippen LogP contribution >= 0.6 is 11.3 Å². The van der Waals surface area contributed by atoms with Gasteiger partial charge in [-0.1, -0.05) is 23.5 Å². The summed E-state index contributed by atoms with van der Waals surface area (Å²) in [7, 11) is 0. The quantitative estimate of drug-likeness (QED) is 0.742. The standard InChI is InChI=1S/C10H6N4O2S/c15-9(16)7-5-11-14(13-7)10-12-6-3-1-2-4-8(6)17-10/h1-5H,(H,15,16). The molecular weight excluding hydrogens is 240 g/mol. The number of hydrogen-bond acceptors (Lipinski definition) is 5. The molecule has 2 heterocycles. The average molecular weight is 246 g/mol. The lowest BCUT2D eigenvalue weighted by atomic mass is 10.3. The van der Waals surface area contributed by atoms with Crippen molar-refractivity contribution < 1.29 is 9.90 Å². The lowest BCUT2D eigenvalue weighted by molar-refractivity contribution is 0.0690. The lowest BCUT2D eigenvalue weighted by Crippen LogP contribution is -2.01. The Bertz CT molecular complexity index is 670. The number of aromatic nitrogens is 4. The molecule has 2 aromatic heterocycles. The highest BCUT2D eigenvalue weighted by atomic mass is 32.1. The fourth-order valence-corrected chi connectivity index (χ4v) is 2.27. The van der Waals surface area contributed by atoms with Crippen LogP contribution in [-0.4, -0.2) is 31.1 Å². The van der Waals surface area contributed by atoms with Gasteiger partial charge in [0, 0.05) is 0 Å². The first-order valence-electron chi connectivity index (χ1n) is 4.75. The van der Waals surface area contributed by atoms with Crippen LogP contribution in [-0.2, 0) is 0 Å². The van der Waals surface area contributed by atoms with E-state index in [4.69, 9.17) is 5.11 Å². The zero-order valence-corrected chi connectivity index (χ0v) is 9.26. The topological polar surface area (TPSA) is 80.9 Å². The molecule has 17 heavy (non-hydrogen) atoms. The maximum absolute atomic E-state index is 10.7. The summed E-state index contributed by atoms with van der Waals surface area (Å²) in [6, 6.07) is 7.64. The van der Waals surface area contributed by atoms with Crippen molar-refractivity contribution in [2.75, 3.05) is 0 Å². The fraction of sp³-hybridized carbons (Fsp3) is 0. The Hall–Kier alpha value is -2.28. The van der Waals surface area contributed by atoms with Gasteiger partial charge in [0.1, 0.15) is 0 Å². The molecule has 6 nitrogen and oxygen atoms in total. The largest absolute Gasteiger partial charge is 0.476 e. The molecule has 0 aliphatic carbocycles. The van der Waals surface area contributed by atoms with Gasteiger partial charge < -0.3 is 5.11 Å². The number of para-hydroxylation sites is 1. The molecule has 0 aliphatic heterocycles. The first-order valence-corrected chi connectivity index (χ1v) is 5.57. The second-order valence-corrected chi connectivity index (χ2v) is 4.30. The average Bonchev–Trinajstić information content (AvgIpc) is 2.95. The van der Waals surface area contributed by atoms with Gasteiger partial charge in [0.05, 0.1) is 16.4 Å². The maximum atomic E-state index is 10.7. The first kappa shape index (κ1) is 9.91. The van der Waals surface area contributed by atoms with E-state index in [1.807, 2.05) is 24.3 Å². The summed E-state index contributed by atoms with van der Waals surface area (Å²) >= 11 is 1.41. The monoisotopic (exact) mass is 246 g/mol. The third kappa shape index (κ3) is 1.66. The molecular formula is C10H6N4O2S. The summed E-state index contributed by atoms with van der Waals surface area (Å²) in [5, 5.41) is 17.0. The summed E-state index contributed by atoms with van der Waals surface area (Å²) in [6.45, 7) is 0. The zero-order valence-electron chi connectivity index (χ0n) is 8.44. The van der Waals surface area contributed by atoms with Crippen molar-refractivity contribution in [3.05, 3.63) is 36.2 Å². The van der Waals surface area contributed by atoms with E-state index in [0.717, 1.165) is 10.2 Å². The van der Waals surface area contributed by atoms with Crippen LogP contribution in [0.25, 0.3) is 15.3 Å². The second-order valence-electron chi connectivity index (χ2n) is 3.29. The lowest BCUT2D eigenvalue weighted by Gasteiger charge is -1.89. The van der Waals surface area contributed by atoms with Gasteiger partial charge in [-0.2, -0.15) is 5.10 Å². The molecule has 0 unspecified atom stereocenters. The van der Waals surface area contributed by atoms with E-state index < -0.39 is 5.97 Å². The molecule has 1 N–H and O–H groups in total. The van der Waals surface area contributed by atoms with Crippen LogP contribution < -0.4 is 0 Å².